The fourth-order valence-corrected chi connectivity index (χ4v) is 1.73. The van der Waals surface area contributed by atoms with Crippen molar-refractivity contribution in [2.45, 2.75) is 13.8 Å². The Morgan fingerprint density at radius 3 is 2.82 bits per heavy atom. The molecule has 0 aliphatic carbocycles. The number of nitrogens with two attached hydrogens (primary N) is 1. The summed E-state index contributed by atoms with van der Waals surface area (Å²) in [4.78, 5) is 8.61. The van der Waals surface area contributed by atoms with E-state index in [1.54, 1.807) is 18.5 Å². The van der Waals surface area contributed by atoms with Crippen LogP contribution in [-0.4, -0.2) is 14.5 Å². The lowest BCUT2D eigenvalue weighted by atomic mass is 10.3. The summed E-state index contributed by atoms with van der Waals surface area (Å²) in [5.41, 5.74) is 9.84. The summed E-state index contributed by atoms with van der Waals surface area (Å²) in [5.74, 6) is 0. The second-order valence-electron chi connectivity index (χ2n) is 4.01. The third-order valence-electron chi connectivity index (χ3n) is 2.86. The smallest absolute Gasteiger partial charge is 0.308 e. The fraction of sp³-hybridized carbons (Fsp3) is 0.167. The van der Waals surface area contributed by atoms with Crippen molar-refractivity contribution in [1.82, 2.24) is 14.5 Å². The number of rotatable bonds is 1. The molecule has 0 aliphatic heterocycles. The van der Waals surface area contributed by atoms with Gasteiger partial charge in [0, 0.05) is 11.4 Å². The van der Waals surface area contributed by atoms with Crippen molar-refractivity contribution in [1.29, 1.82) is 0 Å². The van der Waals surface area contributed by atoms with Gasteiger partial charge in [-0.25, -0.2) is 4.98 Å². The van der Waals surface area contributed by atoms with Gasteiger partial charge in [-0.1, -0.05) is 0 Å². The Morgan fingerprint density at radius 2 is 2.12 bits per heavy atom. The Labute approximate surface area is 97.9 Å². The van der Waals surface area contributed by atoms with E-state index in [4.69, 9.17) is 10.2 Å². The van der Waals surface area contributed by atoms with Crippen LogP contribution in [0.25, 0.3) is 17.1 Å². The van der Waals surface area contributed by atoms with Gasteiger partial charge in [0.25, 0.3) is 0 Å². The first-order valence-electron chi connectivity index (χ1n) is 5.32. The summed E-state index contributed by atoms with van der Waals surface area (Å²) in [7, 11) is 0. The molecular formula is C12H12N4O. The fourth-order valence-electron chi connectivity index (χ4n) is 1.73. The highest BCUT2D eigenvalue weighted by atomic mass is 16.4. The number of oxazole rings is 1. The second-order valence-corrected chi connectivity index (χ2v) is 4.01. The van der Waals surface area contributed by atoms with Crippen LogP contribution >= 0.6 is 0 Å². The molecule has 0 unspecified atom stereocenters. The van der Waals surface area contributed by atoms with Crippen LogP contribution in [0.2, 0.25) is 0 Å². The summed E-state index contributed by atoms with van der Waals surface area (Å²) in [6.07, 6.45) is 1.71. The largest absolute Gasteiger partial charge is 0.423 e. The van der Waals surface area contributed by atoms with Gasteiger partial charge in [-0.3, -0.25) is 4.57 Å². The molecule has 0 saturated heterocycles. The van der Waals surface area contributed by atoms with Crippen LogP contribution in [0.5, 0.6) is 0 Å². The van der Waals surface area contributed by atoms with Gasteiger partial charge >= 0.3 is 6.01 Å². The van der Waals surface area contributed by atoms with Gasteiger partial charge in [0.2, 0.25) is 0 Å². The quantitative estimate of drug-likeness (QED) is 0.648. The van der Waals surface area contributed by atoms with Crippen LogP contribution in [0.3, 0.4) is 0 Å². The molecule has 1 aromatic carbocycles. The zero-order chi connectivity index (χ0) is 12.0. The molecule has 0 fully saturated rings. The molecule has 0 radical (unpaired) electrons. The third kappa shape index (κ3) is 1.47. The highest BCUT2D eigenvalue weighted by Gasteiger charge is 2.11. The molecule has 3 aromatic rings. The molecule has 0 aliphatic rings. The first-order chi connectivity index (χ1) is 8.15. The van der Waals surface area contributed by atoms with Crippen LogP contribution in [0.15, 0.2) is 28.9 Å². The maximum absolute atomic E-state index is 5.71. The van der Waals surface area contributed by atoms with E-state index in [-0.39, 0.29) is 0 Å². The van der Waals surface area contributed by atoms with E-state index in [1.807, 2.05) is 24.5 Å². The number of benzene rings is 1. The van der Waals surface area contributed by atoms with Gasteiger partial charge in [-0.2, -0.15) is 4.98 Å². The molecule has 0 spiro atoms. The molecule has 3 rings (SSSR count). The number of hydrogen-bond donors (Lipinski definition) is 1. The van der Waals surface area contributed by atoms with Gasteiger partial charge in [-0.15, -0.1) is 0 Å². The average molecular weight is 228 g/mol. The number of hydrogen-bond acceptors (Lipinski definition) is 4. The summed E-state index contributed by atoms with van der Waals surface area (Å²) in [6, 6.07) is 5.93. The molecule has 2 heterocycles. The molecular weight excluding hydrogens is 216 g/mol. The highest BCUT2D eigenvalue weighted by Crippen LogP contribution is 2.21. The van der Waals surface area contributed by atoms with Gasteiger partial charge in [-0.05, 0) is 32.0 Å². The monoisotopic (exact) mass is 228 g/mol. The minimum atomic E-state index is 0.517. The second kappa shape index (κ2) is 3.35. The minimum absolute atomic E-state index is 0.517. The molecule has 2 N–H and O–H groups in total. The van der Waals surface area contributed by atoms with E-state index in [9.17, 15) is 0 Å². The molecule has 86 valence electrons. The first-order valence-corrected chi connectivity index (χ1v) is 5.32. The zero-order valence-corrected chi connectivity index (χ0v) is 9.64. The van der Waals surface area contributed by atoms with Gasteiger partial charge in [0.1, 0.15) is 11.8 Å². The number of aromatic nitrogens is 3. The van der Waals surface area contributed by atoms with Crippen molar-refractivity contribution in [2.75, 3.05) is 5.73 Å². The van der Waals surface area contributed by atoms with Gasteiger partial charge < -0.3 is 10.2 Å². The van der Waals surface area contributed by atoms with Gasteiger partial charge in [0.05, 0.1) is 5.69 Å². The normalized spacial score (nSPS) is 11.2. The van der Waals surface area contributed by atoms with Crippen LogP contribution in [-0.2, 0) is 0 Å². The van der Waals surface area contributed by atoms with E-state index in [0.29, 0.717) is 11.7 Å². The summed E-state index contributed by atoms with van der Waals surface area (Å²) in [5, 5.41) is 0. The van der Waals surface area contributed by atoms with E-state index in [2.05, 4.69) is 9.97 Å². The predicted octanol–water partition coefficient (Wildman–Crippen LogP) is 2.21. The number of aryl methyl sites for hydroxylation is 1. The van der Waals surface area contributed by atoms with Crippen LogP contribution in [0.1, 0.15) is 11.4 Å². The minimum Gasteiger partial charge on any atom is -0.423 e. The Hall–Kier alpha value is -2.30. The number of imidazole rings is 1. The first kappa shape index (κ1) is 9.89. The van der Waals surface area contributed by atoms with Gasteiger partial charge in [0.15, 0.2) is 5.58 Å². The zero-order valence-electron chi connectivity index (χ0n) is 9.64. The lowest BCUT2D eigenvalue weighted by Crippen LogP contribution is -1.94. The Morgan fingerprint density at radius 1 is 1.29 bits per heavy atom. The Kier molecular flexibility index (Phi) is 1.95. The third-order valence-corrected chi connectivity index (χ3v) is 2.86. The van der Waals surface area contributed by atoms with Crippen LogP contribution in [0, 0.1) is 13.8 Å². The van der Waals surface area contributed by atoms with Crippen molar-refractivity contribution < 1.29 is 4.42 Å². The van der Waals surface area contributed by atoms with Crippen LogP contribution in [0.4, 0.5) is 5.69 Å². The van der Waals surface area contributed by atoms with Crippen molar-refractivity contribution in [3.8, 4) is 6.01 Å². The molecule has 0 bridgehead atoms. The van der Waals surface area contributed by atoms with E-state index >= 15 is 0 Å². The maximum atomic E-state index is 5.71. The predicted molar refractivity (Wildman–Crippen MR) is 65.0 cm³/mol. The lowest BCUT2D eigenvalue weighted by Gasteiger charge is -1.97. The van der Waals surface area contributed by atoms with Crippen LogP contribution < -0.4 is 5.73 Å². The summed E-state index contributed by atoms with van der Waals surface area (Å²) in [6.45, 7) is 3.93. The van der Waals surface area contributed by atoms with Crippen molar-refractivity contribution in [3.63, 3.8) is 0 Å². The molecule has 5 nitrogen and oxygen atoms in total. The summed E-state index contributed by atoms with van der Waals surface area (Å²) >= 11 is 0. The van der Waals surface area contributed by atoms with Crippen molar-refractivity contribution >= 4 is 16.8 Å². The molecule has 17 heavy (non-hydrogen) atoms. The topological polar surface area (TPSA) is 69.9 Å². The lowest BCUT2D eigenvalue weighted by molar-refractivity contribution is 0.560. The number of anilines is 1. The molecule has 2 aromatic heterocycles. The Bertz CT molecular complexity index is 696. The maximum Gasteiger partial charge on any atom is 0.308 e. The molecule has 5 heteroatoms. The Balaban J connectivity index is 2.21. The standard InChI is InChI=1S/C12H12N4O/c1-7-8(2)16(6-14-7)12-15-10-5-9(13)3-4-11(10)17-12/h3-6H,13H2,1-2H3. The number of nitrogens with zero attached hydrogens (tertiary/aromatic N) is 3. The summed E-state index contributed by atoms with van der Waals surface area (Å²) < 4.78 is 7.48. The number of fused-ring (bicyclic) bond motifs is 1. The van der Waals surface area contributed by atoms with Crippen molar-refractivity contribution in [3.05, 3.63) is 35.9 Å². The molecule has 0 atom stereocenters. The van der Waals surface area contributed by atoms with E-state index < -0.39 is 0 Å². The van der Waals surface area contributed by atoms with E-state index in [0.717, 1.165) is 22.5 Å². The molecule has 0 amide bonds. The van der Waals surface area contributed by atoms with E-state index in [1.165, 1.54) is 0 Å². The highest BCUT2D eigenvalue weighted by molar-refractivity contribution is 5.77. The number of nitrogen functional groups attached to an aromatic ring is 1. The average Bonchev–Trinajstić information content (AvgIpc) is 2.83. The van der Waals surface area contributed by atoms with Crippen molar-refractivity contribution in [2.24, 2.45) is 0 Å². The molecule has 0 saturated carbocycles. The SMILES string of the molecule is Cc1ncn(-c2nc3cc(N)ccc3o2)c1C.